The molecule has 4 nitrogen and oxygen atoms in total. The molecular weight excluding hydrogens is 302 g/mol. The molecule has 0 bridgehead atoms. The fourth-order valence-electron chi connectivity index (χ4n) is 2.53. The maximum absolute atomic E-state index is 12.5. The summed E-state index contributed by atoms with van der Waals surface area (Å²) < 4.78 is 10.6. The maximum Gasteiger partial charge on any atom is 0.339 e. The highest BCUT2D eigenvalue weighted by molar-refractivity contribution is 6.04. The van der Waals surface area contributed by atoms with E-state index in [2.05, 4.69) is 4.98 Å². The van der Waals surface area contributed by atoms with Gasteiger partial charge in [-0.3, -0.25) is 0 Å². The van der Waals surface area contributed by atoms with Crippen LogP contribution in [0, 0.1) is 0 Å². The second-order valence-corrected chi connectivity index (χ2v) is 5.75. The molecule has 4 heteroatoms. The van der Waals surface area contributed by atoms with Crippen LogP contribution in [0.25, 0.3) is 22.2 Å². The van der Waals surface area contributed by atoms with Crippen LogP contribution in [0.5, 0.6) is 5.75 Å². The number of fused-ring (bicyclic) bond motifs is 1. The molecule has 122 valence electrons. The molecule has 0 saturated heterocycles. The van der Waals surface area contributed by atoms with Gasteiger partial charge < -0.3 is 9.47 Å². The number of ether oxygens (including phenoxy) is 2. The van der Waals surface area contributed by atoms with E-state index in [-0.39, 0.29) is 12.1 Å². The largest absolute Gasteiger partial charge is 0.497 e. The van der Waals surface area contributed by atoms with Gasteiger partial charge in [0.2, 0.25) is 0 Å². The first-order valence-electron chi connectivity index (χ1n) is 7.83. The third-order valence-corrected chi connectivity index (χ3v) is 3.66. The van der Waals surface area contributed by atoms with Gasteiger partial charge in [-0.1, -0.05) is 18.2 Å². The van der Waals surface area contributed by atoms with Crippen LogP contribution >= 0.6 is 0 Å². The van der Waals surface area contributed by atoms with Crippen LogP contribution in [0.2, 0.25) is 0 Å². The molecule has 24 heavy (non-hydrogen) atoms. The lowest BCUT2D eigenvalue weighted by Crippen LogP contribution is -2.12. The van der Waals surface area contributed by atoms with Crippen molar-refractivity contribution < 1.29 is 14.3 Å². The van der Waals surface area contributed by atoms with Gasteiger partial charge in [0, 0.05) is 10.9 Å². The minimum absolute atomic E-state index is 0.172. The number of hydrogen-bond acceptors (Lipinski definition) is 4. The van der Waals surface area contributed by atoms with Crippen molar-refractivity contribution in [3.63, 3.8) is 0 Å². The number of hydrogen-bond donors (Lipinski definition) is 0. The van der Waals surface area contributed by atoms with Crippen molar-refractivity contribution >= 4 is 16.9 Å². The zero-order valence-electron chi connectivity index (χ0n) is 13.9. The van der Waals surface area contributed by atoms with Crippen LogP contribution < -0.4 is 4.74 Å². The minimum atomic E-state index is -0.335. The Bertz CT molecular complexity index is 870. The van der Waals surface area contributed by atoms with Gasteiger partial charge in [-0.15, -0.1) is 0 Å². The summed E-state index contributed by atoms with van der Waals surface area (Å²) in [6, 6.07) is 17.0. The average molecular weight is 321 g/mol. The summed E-state index contributed by atoms with van der Waals surface area (Å²) in [4.78, 5) is 17.2. The zero-order valence-corrected chi connectivity index (χ0v) is 13.9. The van der Waals surface area contributed by atoms with Crippen LogP contribution in [0.3, 0.4) is 0 Å². The van der Waals surface area contributed by atoms with E-state index >= 15 is 0 Å². The Hall–Kier alpha value is -2.88. The van der Waals surface area contributed by atoms with Crippen molar-refractivity contribution in [1.29, 1.82) is 0 Å². The number of carbonyl (C=O) groups is 1. The second-order valence-electron chi connectivity index (χ2n) is 5.75. The van der Waals surface area contributed by atoms with Crippen LogP contribution in [-0.4, -0.2) is 24.2 Å². The van der Waals surface area contributed by atoms with E-state index in [4.69, 9.17) is 9.47 Å². The molecule has 2 aromatic carbocycles. The number of para-hydroxylation sites is 1. The Kier molecular flexibility index (Phi) is 4.47. The molecule has 0 aliphatic rings. The number of pyridine rings is 1. The van der Waals surface area contributed by atoms with E-state index in [0.29, 0.717) is 5.56 Å². The van der Waals surface area contributed by atoms with E-state index in [1.807, 2.05) is 62.4 Å². The van der Waals surface area contributed by atoms with Crippen LogP contribution in [-0.2, 0) is 4.74 Å². The highest BCUT2D eigenvalue weighted by Crippen LogP contribution is 2.27. The maximum atomic E-state index is 12.5. The third kappa shape index (κ3) is 3.23. The Morgan fingerprint density at radius 2 is 1.75 bits per heavy atom. The number of carbonyl (C=O) groups excluding carboxylic acids is 1. The van der Waals surface area contributed by atoms with E-state index in [9.17, 15) is 4.79 Å². The molecule has 0 N–H and O–H groups in total. The minimum Gasteiger partial charge on any atom is -0.497 e. The fraction of sp³-hybridized carbons (Fsp3) is 0.200. The highest BCUT2D eigenvalue weighted by Gasteiger charge is 2.16. The molecule has 3 aromatic rings. The van der Waals surface area contributed by atoms with Crippen molar-refractivity contribution in [2.75, 3.05) is 7.11 Å². The van der Waals surface area contributed by atoms with Crippen LogP contribution in [0.1, 0.15) is 24.2 Å². The number of nitrogens with zero attached hydrogens (tertiary/aromatic N) is 1. The van der Waals surface area contributed by atoms with Crippen molar-refractivity contribution in [3.8, 4) is 17.0 Å². The van der Waals surface area contributed by atoms with Crippen molar-refractivity contribution in [3.05, 3.63) is 60.2 Å². The Morgan fingerprint density at radius 1 is 1.04 bits per heavy atom. The summed E-state index contributed by atoms with van der Waals surface area (Å²) >= 11 is 0. The molecule has 0 spiro atoms. The summed E-state index contributed by atoms with van der Waals surface area (Å²) in [5.74, 6) is 0.442. The van der Waals surface area contributed by atoms with Crippen molar-refractivity contribution in [2.24, 2.45) is 0 Å². The van der Waals surface area contributed by atoms with Gasteiger partial charge in [-0.05, 0) is 50.2 Å². The lowest BCUT2D eigenvalue weighted by atomic mass is 10.0. The van der Waals surface area contributed by atoms with Gasteiger partial charge in [0.1, 0.15) is 5.75 Å². The molecule has 0 amide bonds. The Morgan fingerprint density at radius 3 is 2.42 bits per heavy atom. The van der Waals surface area contributed by atoms with Crippen molar-refractivity contribution in [2.45, 2.75) is 20.0 Å². The van der Waals surface area contributed by atoms with Gasteiger partial charge in [0.15, 0.2) is 0 Å². The number of benzene rings is 2. The summed E-state index contributed by atoms with van der Waals surface area (Å²) in [5, 5.41) is 0.792. The lowest BCUT2D eigenvalue weighted by molar-refractivity contribution is 0.0380. The first-order chi connectivity index (χ1) is 11.6. The normalized spacial score (nSPS) is 10.8. The zero-order chi connectivity index (χ0) is 17.1. The molecule has 0 atom stereocenters. The van der Waals surface area contributed by atoms with Gasteiger partial charge in [0.25, 0.3) is 0 Å². The quantitative estimate of drug-likeness (QED) is 0.665. The Labute approximate surface area is 141 Å². The second kappa shape index (κ2) is 6.71. The molecule has 0 aliphatic carbocycles. The molecule has 3 rings (SSSR count). The van der Waals surface area contributed by atoms with E-state index in [1.165, 1.54) is 0 Å². The molecule has 0 fully saturated rings. The fourth-order valence-corrected chi connectivity index (χ4v) is 2.53. The smallest absolute Gasteiger partial charge is 0.339 e. The molecule has 0 aliphatic heterocycles. The first kappa shape index (κ1) is 16.0. The number of methoxy groups -OCH3 is 1. The highest BCUT2D eigenvalue weighted by atomic mass is 16.5. The third-order valence-electron chi connectivity index (χ3n) is 3.66. The molecule has 0 radical (unpaired) electrons. The van der Waals surface area contributed by atoms with Gasteiger partial charge in [-0.2, -0.15) is 0 Å². The standard InChI is InChI=1S/C20H19NO3/c1-13(2)24-20(22)17-12-19(14-8-10-15(23-3)11-9-14)21-18-7-5-4-6-16(17)18/h4-13H,1-3H3. The van der Waals surface area contributed by atoms with Gasteiger partial charge >= 0.3 is 5.97 Å². The van der Waals surface area contributed by atoms with E-state index in [1.54, 1.807) is 13.2 Å². The summed E-state index contributed by atoms with van der Waals surface area (Å²) in [6.07, 6.45) is -0.172. The molecule has 1 aromatic heterocycles. The summed E-state index contributed by atoms with van der Waals surface area (Å²) in [6.45, 7) is 3.68. The van der Waals surface area contributed by atoms with Crippen LogP contribution in [0.15, 0.2) is 54.6 Å². The molecular formula is C20H19NO3. The van der Waals surface area contributed by atoms with E-state index in [0.717, 1.165) is 27.9 Å². The van der Waals surface area contributed by atoms with Crippen molar-refractivity contribution in [1.82, 2.24) is 4.98 Å². The first-order valence-corrected chi connectivity index (χ1v) is 7.83. The molecule has 0 saturated carbocycles. The number of rotatable bonds is 4. The molecule has 0 unspecified atom stereocenters. The SMILES string of the molecule is COc1ccc(-c2cc(C(=O)OC(C)C)c3ccccc3n2)cc1. The predicted molar refractivity (Wildman–Crippen MR) is 94.3 cm³/mol. The molecule has 1 heterocycles. The predicted octanol–water partition coefficient (Wildman–Crippen LogP) is 4.48. The Balaban J connectivity index is 2.13. The van der Waals surface area contributed by atoms with Crippen LogP contribution in [0.4, 0.5) is 0 Å². The van der Waals surface area contributed by atoms with E-state index < -0.39 is 0 Å². The summed E-state index contributed by atoms with van der Waals surface area (Å²) in [5.41, 5.74) is 2.94. The monoisotopic (exact) mass is 321 g/mol. The lowest BCUT2D eigenvalue weighted by Gasteiger charge is -2.12. The topological polar surface area (TPSA) is 48.4 Å². The van der Waals surface area contributed by atoms with Gasteiger partial charge in [0.05, 0.1) is 30.0 Å². The number of aromatic nitrogens is 1. The average Bonchev–Trinajstić information content (AvgIpc) is 2.60. The number of esters is 1. The van der Waals surface area contributed by atoms with Gasteiger partial charge in [-0.25, -0.2) is 9.78 Å². The summed E-state index contributed by atoms with van der Waals surface area (Å²) in [7, 11) is 1.63.